The molecule has 0 saturated heterocycles. The Morgan fingerprint density at radius 2 is 2.25 bits per heavy atom. The van der Waals surface area contributed by atoms with Crippen LogP contribution in [0.2, 0.25) is 0 Å². The van der Waals surface area contributed by atoms with Crippen molar-refractivity contribution in [3.05, 3.63) is 41.0 Å². The second-order valence-corrected chi connectivity index (χ2v) is 5.24. The molecule has 4 heteroatoms. The molecule has 2 aromatic rings. The molecule has 0 unspecified atom stereocenters. The molecule has 0 fully saturated rings. The first-order chi connectivity index (χ1) is 9.70. The molecule has 0 aliphatic carbocycles. The Morgan fingerprint density at radius 1 is 1.40 bits per heavy atom. The van der Waals surface area contributed by atoms with Crippen LogP contribution in [0.5, 0.6) is 0 Å². The van der Waals surface area contributed by atoms with Gasteiger partial charge in [-0.05, 0) is 49.9 Å². The predicted octanol–water partition coefficient (Wildman–Crippen LogP) is 3.40. The van der Waals surface area contributed by atoms with E-state index in [4.69, 9.17) is 5.26 Å². The summed E-state index contributed by atoms with van der Waals surface area (Å²) in [6, 6.07) is 7.26. The van der Waals surface area contributed by atoms with Gasteiger partial charge in [0.15, 0.2) is 0 Å². The number of hydrogen-bond acceptors (Lipinski definition) is 2. The summed E-state index contributed by atoms with van der Waals surface area (Å²) in [5.41, 5.74) is 3.60. The lowest BCUT2D eigenvalue weighted by molar-refractivity contribution is 0.534. The Hall–Kier alpha value is -2.15. The van der Waals surface area contributed by atoms with E-state index < -0.39 is 0 Å². The minimum Gasteiger partial charge on any atom is -0.328 e. The molecule has 2 heterocycles. The highest BCUT2D eigenvalue weighted by atomic mass is 19.1. The molecule has 3 nitrogen and oxygen atoms in total. The monoisotopic (exact) mass is 269 g/mol. The highest BCUT2D eigenvalue weighted by molar-refractivity contribution is 5.58. The van der Waals surface area contributed by atoms with E-state index in [1.54, 1.807) is 13.0 Å². The number of nitriles is 1. The van der Waals surface area contributed by atoms with Gasteiger partial charge in [-0.2, -0.15) is 5.26 Å². The van der Waals surface area contributed by atoms with Gasteiger partial charge in [0, 0.05) is 17.8 Å². The maximum Gasteiger partial charge on any atom is 0.140 e. The summed E-state index contributed by atoms with van der Waals surface area (Å²) in [4.78, 5) is 4.64. The van der Waals surface area contributed by atoms with E-state index in [-0.39, 0.29) is 5.82 Å². The van der Waals surface area contributed by atoms with Gasteiger partial charge in [-0.25, -0.2) is 9.37 Å². The van der Waals surface area contributed by atoms with Crippen molar-refractivity contribution in [2.75, 3.05) is 0 Å². The topological polar surface area (TPSA) is 41.6 Å². The van der Waals surface area contributed by atoms with Crippen LogP contribution in [-0.4, -0.2) is 9.55 Å². The van der Waals surface area contributed by atoms with Crippen molar-refractivity contribution < 1.29 is 4.39 Å². The lowest BCUT2D eigenvalue weighted by Crippen LogP contribution is -2.12. The maximum atomic E-state index is 13.4. The molecule has 0 radical (unpaired) electrons. The van der Waals surface area contributed by atoms with E-state index in [1.165, 1.54) is 11.8 Å². The number of rotatable bonds is 2. The third-order valence-corrected chi connectivity index (χ3v) is 3.86. The number of aryl methyl sites for hydroxylation is 1. The van der Waals surface area contributed by atoms with Gasteiger partial charge in [-0.1, -0.05) is 0 Å². The van der Waals surface area contributed by atoms with Gasteiger partial charge in [0.05, 0.1) is 18.2 Å². The highest BCUT2D eigenvalue weighted by Gasteiger charge is 2.20. The zero-order chi connectivity index (χ0) is 14.1. The van der Waals surface area contributed by atoms with Crippen molar-refractivity contribution in [3.8, 4) is 17.5 Å². The summed E-state index contributed by atoms with van der Waals surface area (Å²) in [7, 11) is 0. The van der Waals surface area contributed by atoms with Gasteiger partial charge in [-0.3, -0.25) is 0 Å². The zero-order valence-electron chi connectivity index (χ0n) is 11.5. The molecule has 102 valence electrons. The van der Waals surface area contributed by atoms with E-state index in [0.717, 1.165) is 42.9 Å². The molecule has 1 aliphatic rings. The van der Waals surface area contributed by atoms with Crippen LogP contribution < -0.4 is 0 Å². The molecule has 0 atom stereocenters. The number of benzene rings is 1. The van der Waals surface area contributed by atoms with Crippen LogP contribution in [0.25, 0.3) is 11.4 Å². The molecular weight excluding hydrogens is 253 g/mol. The normalized spacial score (nSPS) is 13.8. The summed E-state index contributed by atoms with van der Waals surface area (Å²) in [5, 5.41) is 8.93. The van der Waals surface area contributed by atoms with Crippen molar-refractivity contribution >= 4 is 0 Å². The van der Waals surface area contributed by atoms with E-state index >= 15 is 0 Å². The number of fused-ring (bicyclic) bond motifs is 1. The fourth-order valence-corrected chi connectivity index (χ4v) is 2.84. The number of aromatic nitrogens is 2. The first-order valence-corrected chi connectivity index (χ1v) is 6.92. The Labute approximate surface area is 117 Å². The van der Waals surface area contributed by atoms with Gasteiger partial charge in [0.1, 0.15) is 11.6 Å². The third kappa shape index (κ3) is 2.09. The Kier molecular flexibility index (Phi) is 3.27. The largest absolute Gasteiger partial charge is 0.328 e. The van der Waals surface area contributed by atoms with Crippen LogP contribution in [0.15, 0.2) is 18.2 Å². The first kappa shape index (κ1) is 12.9. The summed E-state index contributed by atoms with van der Waals surface area (Å²) in [6.07, 6.45) is 3.59. The molecule has 3 rings (SSSR count). The quantitative estimate of drug-likeness (QED) is 0.838. The molecular formula is C16H16FN3. The average Bonchev–Trinajstić information content (AvgIpc) is 2.82. The molecule has 0 saturated carbocycles. The zero-order valence-corrected chi connectivity index (χ0v) is 11.5. The van der Waals surface area contributed by atoms with Crippen molar-refractivity contribution in [1.29, 1.82) is 5.26 Å². The van der Waals surface area contributed by atoms with Gasteiger partial charge < -0.3 is 4.57 Å². The fraction of sp³-hybridized carbons (Fsp3) is 0.375. The smallest absolute Gasteiger partial charge is 0.140 e. The molecule has 0 spiro atoms. The van der Waals surface area contributed by atoms with Gasteiger partial charge in [0.2, 0.25) is 0 Å². The molecule has 0 amide bonds. The molecule has 1 aromatic carbocycles. The minimum atomic E-state index is -0.198. The Balaban J connectivity index is 2.13. The summed E-state index contributed by atoms with van der Waals surface area (Å²) < 4.78 is 15.6. The highest BCUT2D eigenvalue weighted by Crippen LogP contribution is 2.28. The van der Waals surface area contributed by atoms with E-state index in [0.29, 0.717) is 12.0 Å². The second kappa shape index (κ2) is 5.09. The van der Waals surface area contributed by atoms with Crippen LogP contribution >= 0.6 is 0 Å². The van der Waals surface area contributed by atoms with Crippen molar-refractivity contribution in [1.82, 2.24) is 9.55 Å². The van der Waals surface area contributed by atoms with Gasteiger partial charge in [0.25, 0.3) is 0 Å². The van der Waals surface area contributed by atoms with Crippen LogP contribution in [0.1, 0.15) is 29.8 Å². The minimum absolute atomic E-state index is 0.198. The SMILES string of the molecule is Cc1cc(-c2nc(CC#N)c3n2CCCC3)ccc1F. The molecule has 0 N–H and O–H groups in total. The standard InChI is InChI=1S/C16H16FN3/c1-11-10-12(5-6-13(11)17)16-19-14(7-8-18)15-4-2-3-9-20(15)16/h5-6,10H,2-4,7,9H2,1H3. The van der Waals surface area contributed by atoms with Gasteiger partial charge >= 0.3 is 0 Å². The lowest BCUT2D eigenvalue weighted by atomic mass is 10.1. The molecule has 20 heavy (non-hydrogen) atoms. The molecule has 1 aliphatic heterocycles. The fourth-order valence-electron chi connectivity index (χ4n) is 2.84. The second-order valence-electron chi connectivity index (χ2n) is 5.24. The first-order valence-electron chi connectivity index (χ1n) is 6.92. The van der Waals surface area contributed by atoms with Crippen molar-refractivity contribution in [2.24, 2.45) is 0 Å². The molecule has 0 bridgehead atoms. The van der Waals surface area contributed by atoms with E-state index in [1.807, 2.05) is 6.07 Å². The van der Waals surface area contributed by atoms with Crippen LogP contribution in [-0.2, 0) is 19.4 Å². The summed E-state index contributed by atoms with van der Waals surface area (Å²) in [5.74, 6) is 0.671. The Morgan fingerprint density at radius 3 is 3.00 bits per heavy atom. The lowest BCUT2D eigenvalue weighted by Gasteiger charge is -2.17. The van der Waals surface area contributed by atoms with E-state index in [9.17, 15) is 4.39 Å². The van der Waals surface area contributed by atoms with Crippen molar-refractivity contribution in [2.45, 2.75) is 39.2 Å². The number of hydrogen-bond donors (Lipinski definition) is 0. The van der Waals surface area contributed by atoms with Crippen LogP contribution in [0.4, 0.5) is 4.39 Å². The van der Waals surface area contributed by atoms with Gasteiger partial charge in [-0.15, -0.1) is 0 Å². The predicted molar refractivity (Wildman–Crippen MR) is 74.6 cm³/mol. The third-order valence-electron chi connectivity index (χ3n) is 3.86. The van der Waals surface area contributed by atoms with Crippen LogP contribution in [0, 0.1) is 24.1 Å². The number of nitrogens with zero attached hydrogens (tertiary/aromatic N) is 3. The van der Waals surface area contributed by atoms with Crippen LogP contribution in [0.3, 0.4) is 0 Å². The average molecular weight is 269 g/mol. The number of halogens is 1. The number of imidazole rings is 1. The Bertz CT molecular complexity index is 694. The van der Waals surface area contributed by atoms with E-state index in [2.05, 4.69) is 15.6 Å². The molecule has 1 aromatic heterocycles. The van der Waals surface area contributed by atoms with Crippen molar-refractivity contribution in [3.63, 3.8) is 0 Å². The summed E-state index contributed by atoms with van der Waals surface area (Å²) >= 11 is 0. The maximum absolute atomic E-state index is 13.4. The summed E-state index contributed by atoms with van der Waals surface area (Å²) in [6.45, 7) is 2.69.